The van der Waals surface area contributed by atoms with E-state index in [0.29, 0.717) is 5.69 Å². The first-order valence-electron chi connectivity index (χ1n) is 5.82. The van der Waals surface area contributed by atoms with E-state index in [4.69, 9.17) is 5.11 Å². The molecule has 0 aliphatic rings. The smallest absolute Gasteiger partial charge is 0.330 e. The van der Waals surface area contributed by atoms with Gasteiger partial charge in [-0.2, -0.15) is 0 Å². The van der Waals surface area contributed by atoms with E-state index in [9.17, 15) is 9.59 Å². The van der Waals surface area contributed by atoms with Gasteiger partial charge in [0.05, 0.1) is 0 Å². The van der Waals surface area contributed by atoms with Crippen LogP contribution in [-0.2, 0) is 9.59 Å². The van der Waals surface area contributed by atoms with E-state index in [0.717, 1.165) is 10.8 Å². The van der Waals surface area contributed by atoms with Crippen LogP contribution in [0.5, 0.6) is 0 Å². The van der Waals surface area contributed by atoms with Crippen molar-refractivity contribution >= 4 is 28.3 Å². The summed E-state index contributed by atoms with van der Waals surface area (Å²) in [6.07, 6.45) is 0. The number of nitrogens with one attached hydrogen (secondary N) is 2. The summed E-state index contributed by atoms with van der Waals surface area (Å²) in [5.41, 5.74) is 0.601. The van der Waals surface area contributed by atoms with E-state index in [1.54, 1.807) is 6.07 Å². The Balaban J connectivity index is 2.31. The fraction of sp³-hybridized carbons (Fsp3) is 0.143. The minimum atomic E-state index is -1.26. The van der Waals surface area contributed by atoms with E-state index in [2.05, 4.69) is 10.6 Å². The third kappa shape index (κ3) is 2.71. The number of carbonyl (C=O) groups excluding carboxylic acids is 1. The summed E-state index contributed by atoms with van der Waals surface area (Å²) in [5, 5.41) is 15.9. The highest BCUT2D eigenvalue weighted by Gasteiger charge is 2.24. The molecule has 0 saturated heterocycles. The second-order valence-corrected chi connectivity index (χ2v) is 4.08. The standard InChI is InChI=1S/C14H14N2O3/c1-15-12(14(18)19)13(17)16-11-8-4-6-9-5-2-3-7-10(9)11/h2-8,12,15H,1H3,(H,16,17)(H,18,19). The van der Waals surface area contributed by atoms with Crippen molar-refractivity contribution in [2.45, 2.75) is 6.04 Å². The van der Waals surface area contributed by atoms with Crippen LogP contribution in [0.3, 0.4) is 0 Å². The molecule has 0 radical (unpaired) electrons. The van der Waals surface area contributed by atoms with Gasteiger partial charge in [-0.05, 0) is 18.5 Å². The van der Waals surface area contributed by atoms with E-state index in [1.165, 1.54) is 7.05 Å². The molecule has 5 heteroatoms. The minimum absolute atomic E-state index is 0.591. The van der Waals surface area contributed by atoms with Crippen LogP contribution in [0, 0.1) is 0 Å². The predicted octanol–water partition coefficient (Wildman–Crippen LogP) is 1.45. The Morgan fingerprint density at radius 2 is 1.79 bits per heavy atom. The number of likely N-dealkylation sites (N-methyl/N-ethyl adjacent to an activating group) is 1. The molecular weight excluding hydrogens is 244 g/mol. The minimum Gasteiger partial charge on any atom is -0.480 e. The highest BCUT2D eigenvalue weighted by Crippen LogP contribution is 2.22. The third-order valence-electron chi connectivity index (χ3n) is 2.85. The zero-order chi connectivity index (χ0) is 13.8. The first kappa shape index (κ1) is 13.0. The summed E-state index contributed by atoms with van der Waals surface area (Å²) in [5.74, 6) is -1.80. The molecule has 98 valence electrons. The molecule has 1 amide bonds. The molecular formula is C14H14N2O3. The number of benzene rings is 2. The Morgan fingerprint density at radius 3 is 2.47 bits per heavy atom. The summed E-state index contributed by atoms with van der Waals surface area (Å²) >= 11 is 0. The lowest BCUT2D eigenvalue weighted by Gasteiger charge is -2.13. The van der Waals surface area contributed by atoms with Gasteiger partial charge in [-0.3, -0.25) is 10.1 Å². The Morgan fingerprint density at radius 1 is 1.11 bits per heavy atom. The van der Waals surface area contributed by atoms with Crippen molar-refractivity contribution in [3.63, 3.8) is 0 Å². The number of fused-ring (bicyclic) bond motifs is 1. The summed E-state index contributed by atoms with van der Waals surface area (Å²) in [7, 11) is 1.43. The zero-order valence-electron chi connectivity index (χ0n) is 10.4. The number of carboxylic acids is 1. The third-order valence-corrected chi connectivity index (χ3v) is 2.85. The predicted molar refractivity (Wildman–Crippen MR) is 73.1 cm³/mol. The lowest BCUT2D eigenvalue weighted by atomic mass is 10.1. The highest BCUT2D eigenvalue weighted by atomic mass is 16.4. The van der Waals surface area contributed by atoms with Crippen molar-refractivity contribution in [3.05, 3.63) is 42.5 Å². The normalized spacial score (nSPS) is 12.1. The van der Waals surface area contributed by atoms with Crippen LogP contribution in [0.1, 0.15) is 0 Å². The van der Waals surface area contributed by atoms with Crippen LogP contribution < -0.4 is 10.6 Å². The fourth-order valence-electron chi connectivity index (χ4n) is 1.91. The summed E-state index contributed by atoms with van der Waals surface area (Å²) in [4.78, 5) is 22.8. The van der Waals surface area contributed by atoms with Gasteiger partial charge in [-0.1, -0.05) is 36.4 Å². The molecule has 2 aromatic carbocycles. The SMILES string of the molecule is CNC(C(=O)O)C(=O)Nc1cccc2ccccc12. The molecule has 0 fully saturated rings. The Kier molecular flexibility index (Phi) is 3.77. The van der Waals surface area contributed by atoms with Crippen LogP contribution in [0.4, 0.5) is 5.69 Å². The molecule has 5 nitrogen and oxygen atoms in total. The van der Waals surface area contributed by atoms with Crippen LogP contribution >= 0.6 is 0 Å². The van der Waals surface area contributed by atoms with E-state index in [-0.39, 0.29) is 0 Å². The Hall–Kier alpha value is -2.40. The lowest BCUT2D eigenvalue weighted by molar-refractivity contribution is -0.142. The second-order valence-electron chi connectivity index (χ2n) is 4.08. The first-order chi connectivity index (χ1) is 9.13. The number of hydrogen-bond acceptors (Lipinski definition) is 3. The van der Waals surface area contributed by atoms with E-state index < -0.39 is 17.9 Å². The van der Waals surface area contributed by atoms with Gasteiger partial charge in [0.2, 0.25) is 0 Å². The molecule has 19 heavy (non-hydrogen) atoms. The van der Waals surface area contributed by atoms with Gasteiger partial charge in [-0.15, -0.1) is 0 Å². The quantitative estimate of drug-likeness (QED) is 0.725. The maximum atomic E-state index is 11.9. The largest absolute Gasteiger partial charge is 0.480 e. The monoisotopic (exact) mass is 258 g/mol. The zero-order valence-corrected chi connectivity index (χ0v) is 10.4. The second kappa shape index (κ2) is 5.49. The van der Waals surface area contributed by atoms with Crippen molar-refractivity contribution in [1.29, 1.82) is 0 Å². The van der Waals surface area contributed by atoms with Gasteiger partial charge < -0.3 is 10.4 Å². The molecule has 0 heterocycles. The van der Waals surface area contributed by atoms with Gasteiger partial charge in [0.1, 0.15) is 0 Å². The number of aliphatic carboxylic acids is 1. The molecule has 1 atom stereocenters. The van der Waals surface area contributed by atoms with Crippen molar-refractivity contribution in [2.24, 2.45) is 0 Å². The average molecular weight is 258 g/mol. The molecule has 3 N–H and O–H groups in total. The van der Waals surface area contributed by atoms with Gasteiger partial charge in [0.25, 0.3) is 5.91 Å². The fourth-order valence-corrected chi connectivity index (χ4v) is 1.91. The van der Waals surface area contributed by atoms with Gasteiger partial charge in [0, 0.05) is 11.1 Å². The van der Waals surface area contributed by atoms with Gasteiger partial charge >= 0.3 is 5.97 Å². The molecule has 0 saturated carbocycles. The van der Waals surface area contributed by atoms with Crippen LogP contribution in [0.15, 0.2) is 42.5 Å². The first-order valence-corrected chi connectivity index (χ1v) is 5.82. The molecule has 0 bridgehead atoms. The van der Waals surface area contributed by atoms with Gasteiger partial charge in [-0.25, -0.2) is 4.79 Å². The number of anilines is 1. The average Bonchev–Trinajstić information content (AvgIpc) is 2.39. The molecule has 0 aliphatic carbocycles. The Bertz CT molecular complexity index is 620. The molecule has 2 aromatic rings. The number of carbonyl (C=O) groups is 2. The van der Waals surface area contributed by atoms with Crippen molar-refractivity contribution < 1.29 is 14.7 Å². The molecule has 1 unspecified atom stereocenters. The topological polar surface area (TPSA) is 78.4 Å². The van der Waals surface area contributed by atoms with E-state index in [1.807, 2.05) is 36.4 Å². The highest BCUT2D eigenvalue weighted by molar-refractivity contribution is 6.11. The molecule has 2 rings (SSSR count). The van der Waals surface area contributed by atoms with Crippen molar-refractivity contribution in [2.75, 3.05) is 12.4 Å². The Labute approximate surface area is 110 Å². The maximum Gasteiger partial charge on any atom is 0.330 e. The lowest BCUT2D eigenvalue weighted by Crippen LogP contribution is -2.44. The maximum absolute atomic E-state index is 11.9. The van der Waals surface area contributed by atoms with Crippen molar-refractivity contribution in [1.82, 2.24) is 5.32 Å². The van der Waals surface area contributed by atoms with Crippen molar-refractivity contribution in [3.8, 4) is 0 Å². The van der Waals surface area contributed by atoms with Gasteiger partial charge in [0.15, 0.2) is 6.04 Å². The number of amides is 1. The molecule has 0 spiro atoms. The van der Waals surface area contributed by atoms with Crippen LogP contribution in [-0.4, -0.2) is 30.1 Å². The summed E-state index contributed by atoms with van der Waals surface area (Å²) in [6, 6.07) is 11.8. The molecule has 0 aromatic heterocycles. The molecule has 0 aliphatic heterocycles. The van der Waals surface area contributed by atoms with Crippen LogP contribution in [0.25, 0.3) is 10.8 Å². The van der Waals surface area contributed by atoms with Crippen LogP contribution in [0.2, 0.25) is 0 Å². The summed E-state index contributed by atoms with van der Waals surface area (Å²) < 4.78 is 0. The summed E-state index contributed by atoms with van der Waals surface area (Å²) in [6.45, 7) is 0. The number of rotatable bonds is 4. The number of carboxylic acid groups (broad SMARTS) is 1. The number of hydrogen-bond donors (Lipinski definition) is 3. The van der Waals surface area contributed by atoms with E-state index >= 15 is 0 Å².